The predicted octanol–water partition coefficient (Wildman–Crippen LogP) is 3.11. The van der Waals surface area contributed by atoms with Crippen molar-refractivity contribution in [3.05, 3.63) is 47.3 Å². The van der Waals surface area contributed by atoms with Crippen LogP contribution in [0.5, 0.6) is 0 Å². The molecule has 0 aliphatic rings. The van der Waals surface area contributed by atoms with Crippen molar-refractivity contribution in [1.82, 2.24) is 9.97 Å². The van der Waals surface area contributed by atoms with Crippen LogP contribution < -0.4 is 10.6 Å². The molecule has 2 N–H and O–H groups in total. The third kappa shape index (κ3) is 3.20. The zero-order chi connectivity index (χ0) is 14.5. The van der Waals surface area contributed by atoms with Crippen LogP contribution in [0.15, 0.2) is 24.5 Å². The minimum Gasteiger partial charge on any atom is -0.368 e. The number of rotatable bonds is 5. The molecule has 6 heteroatoms. The van der Waals surface area contributed by atoms with E-state index in [2.05, 4.69) is 20.6 Å². The minimum absolute atomic E-state index is 0.0264. The van der Waals surface area contributed by atoms with Gasteiger partial charge in [0.2, 0.25) is 0 Å². The van der Waals surface area contributed by atoms with E-state index in [-0.39, 0.29) is 11.6 Å². The highest BCUT2D eigenvalue weighted by Gasteiger charge is 2.11. The zero-order valence-corrected chi connectivity index (χ0v) is 11.4. The van der Waals surface area contributed by atoms with Crippen LogP contribution in [0.2, 0.25) is 0 Å². The number of pyridine rings is 2. The van der Waals surface area contributed by atoms with Gasteiger partial charge in [0.25, 0.3) is 0 Å². The summed E-state index contributed by atoms with van der Waals surface area (Å²) in [7, 11) is 0. The van der Waals surface area contributed by atoms with Gasteiger partial charge in [-0.3, -0.25) is 4.98 Å². The summed E-state index contributed by atoms with van der Waals surface area (Å²) in [6.45, 7) is 4.65. The first kappa shape index (κ1) is 14.2. The first-order chi connectivity index (χ1) is 9.61. The fourth-order valence-electron chi connectivity index (χ4n) is 1.76. The highest BCUT2D eigenvalue weighted by atomic mass is 19.1. The van der Waals surface area contributed by atoms with Gasteiger partial charge in [0.15, 0.2) is 23.3 Å². The van der Waals surface area contributed by atoms with Crippen molar-refractivity contribution in [3.63, 3.8) is 0 Å². The number of anilines is 2. The number of aryl methyl sites for hydroxylation is 1. The molecule has 4 nitrogen and oxygen atoms in total. The van der Waals surface area contributed by atoms with Gasteiger partial charge in [-0.2, -0.15) is 0 Å². The van der Waals surface area contributed by atoms with Gasteiger partial charge < -0.3 is 10.6 Å². The molecule has 0 spiro atoms. The highest BCUT2D eigenvalue weighted by Crippen LogP contribution is 2.19. The molecule has 0 saturated heterocycles. The quantitative estimate of drug-likeness (QED) is 0.882. The Morgan fingerprint density at radius 3 is 2.50 bits per heavy atom. The number of halogens is 2. The van der Waals surface area contributed by atoms with Crippen LogP contribution in [0, 0.1) is 18.6 Å². The smallest absolute Gasteiger partial charge is 0.168 e. The van der Waals surface area contributed by atoms with Crippen LogP contribution in [0.1, 0.15) is 18.1 Å². The molecule has 2 aromatic rings. The Bertz CT molecular complexity index is 602. The van der Waals surface area contributed by atoms with Crippen LogP contribution in [0.25, 0.3) is 0 Å². The molecule has 0 aromatic carbocycles. The molecule has 2 heterocycles. The van der Waals surface area contributed by atoms with Gasteiger partial charge in [-0.1, -0.05) is 0 Å². The van der Waals surface area contributed by atoms with Crippen LogP contribution >= 0.6 is 0 Å². The van der Waals surface area contributed by atoms with E-state index in [9.17, 15) is 8.78 Å². The molecular formula is C14H16F2N4. The predicted molar refractivity (Wildman–Crippen MR) is 74.6 cm³/mol. The number of aromatic nitrogens is 2. The van der Waals surface area contributed by atoms with Gasteiger partial charge in [0.05, 0.1) is 0 Å². The highest BCUT2D eigenvalue weighted by molar-refractivity contribution is 5.48. The maximum Gasteiger partial charge on any atom is 0.168 e. The maximum atomic E-state index is 13.7. The summed E-state index contributed by atoms with van der Waals surface area (Å²) in [4.78, 5) is 7.91. The zero-order valence-electron chi connectivity index (χ0n) is 11.4. The summed E-state index contributed by atoms with van der Waals surface area (Å²) in [5.41, 5.74) is 1.98. The van der Waals surface area contributed by atoms with E-state index in [1.807, 2.05) is 19.9 Å². The van der Waals surface area contributed by atoms with Crippen LogP contribution in [0.3, 0.4) is 0 Å². The van der Waals surface area contributed by atoms with Gasteiger partial charge in [-0.25, -0.2) is 13.8 Å². The number of hydrogen-bond acceptors (Lipinski definition) is 4. The molecule has 0 saturated carbocycles. The molecular weight excluding hydrogens is 262 g/mol. The largest absolute Gasteiger partial charge is 0.368 e. The first-order valence-corrected chi connectivity index (χ1v) is 6.35. The van der Waals surface area contributed by atoms with Crippen molar-refractivity contribution >= 4 is 11.6 Å². The lowest BCUT2D eigenvalue weighted by Crippen LogP contribution is -2.09. The van der Waals surface area contributed by atoms with E-state index in [0.717, 1.165) is 17.2 Å². The van der Waals surface area contributed by atoms with Crippen molar-refractivity contribution in [3.8, 4) is 0 Å². The lowest BCUT2D eigenvalue weighted by atomic mass is 10.1. The lowest BCUT2D eigenvalue weighted by Gasteiger charge is -2.11. The normalized spacial score (nSPS) is 10.4. The molecule has 0 atom stereocenters. The van der Waals surface area contributed by atoms with E-state index >= 15 is 0 Å². The van der Waals surface area contributed by atoms with Crippen LogP contribution in [-0.4, -0.2) is 16.5 Å². The Morgan fingerprint density at radius 2 is 1.85 bits per heavy atom. The molecule has 0 aliphatic heterocycles. The molecule has 2 rings (SSSR count). The standard InChI is InChI=1S/C14H16F2N4/c1-3-18-13-11(15)6-12(16)14(20-13)19-8-10-4-5-17-7-9(10)2/h4-7H,3,8H2,1-2H3,(H2,18,19,20). The Labute approximate surface area is 116 Å². The second kappa shape index (κ2) is 6.27. The summed E-state index contributed by atoms with van der Waals surface area (Å²) >= 11 is 0. The molecule has 106 valence electrons. The lowest BCUT2D eigenvalue weighted by molar-refractivity contribution is 0.578. The maximum absolute atomic E-state index is 13.7. The Morgan fingerprint density at radius 1 is 1.15 bits per heavy atom. The summed E-state index contributed by atoms with van der Waals surface area (Å²) in [5, 5.41) is 5.63. The van der Waals surface area contributed by atoms with E-state index in [1.165, 1.54) is 0 Å². The molecule has 0 radical (unpaired) electrons. The molecule has 2 aromatic heterocycles. The van der Waals surface area contributed by atoms with Gasteiger partial charge >= 0.3 is 0 Å². The average molecular weight is 278 g/mol. The second-order valence-corrected chi connectivity index (χ2v) is 4.34. The van der Waals surface area contributed by atoms with E-state index < -0.39 is 11.6 Å². The van der Waals surface area contributed by atoms with Gasteiger partial charge in [0.1, 0.15) is 0 Å². The molecule has 0 aliphatic carbocycles. The van der Waals surface area contributed by atoms with Crippen LogP contribution in [-0.2, 0) is 6.54 Å². The minimum atomic E-state index is -0.712. The number of nitrogens with zero attached hydrogens (tertiary/aromatic N) is 2. The van der Waals surface area contributed by atoms with Crippen molar-refractivity contribution in [2.24, 2.45) is 0 Å². The van der Waals surface area contributed by atoms with E-state index in [1.54, 1.807) is 12.4 Å². The SMILES string of the molecule is CCNc1nc(NCc2ccncc2C)c(F)cc1F. The molecule has 0 bridgehead atoms. The number of nitrogens with one attached hydrogen (secondary N) is 2. The number of hydrogen-bond donors (Lipinski definition) is 2. The summed E-state index contributed by atoms with van der Waals surface area (Å²) in [6.07, 6.45) is 3.40. The molecule has 0 amide bonds. The average Bonchev–Trinajstić information content (AvgIpc) is 2.42. The molecule has 20 heavy (non-hydrogen) atoms. The van der Waals surface area contributed by atoms with Crippen LogP contribution in [0.4, 0.5) is 20.4 Å². The van der Waals surface area contributed by atoms with E-state index in [0.29, 0.717) is 13.1 Å². The summed E-state index contributed by atoms with van der Waals surface area (Å²) < 4.78 is 27.1. The Balaban J connectivity index is 2.17. The fourth-order valence-corrected chi connectivity index (χ4v) is 1.76. The van der Waals surface area contributed by atoms with Gasteiger partial charge in [0, 0.05) is 31.5 Å². The monoisotopic (exact) mass is 278 g/mol. The van der Waals surface area contributed by atoms with Gasteiger partial charge in [-0.15, -0.1) is 0 Å². The summed E-state index contributed by atoms with van der Waals surface area (Å²) in [6, 6.07) is 2.67. The third-order valence-electron chi connectivity index (χ3n) is 2.86. The first-order valence-electron chi connectivity index (χ1n) is 6.35. The Hall–Kier alpha value is -2.24. The summed E-state index contributed by atoms with van der Waals surface area (Å²) in [5.74, 6) is -1.34. The Kier molecular flexibility index (Phi) is 4.45. The van der Waals surface area contributed by atoms with E-state index in [4.69, 9.17) is 0 Å². The van der Waals surface area contributed by atoms with Crippen molar-refractivity contribution < 1.29 is 8.78 Å². The molecule has 0 unspecified atom stereocenters. The third-order valence-corrected chi connectivity index (χ3v) is 2.86. The van der Waals surface area contributed by atoms with Crippen molar-refractivity contribution in [2.45, 2.75) is 20.4 Å². The topological polar surface area (TPSA) is 49.8 Å². The fraction of sp³-hybridized carbons (Fsp3) is 0.286. The molecule has 0 fully saturated rings. The second-order valence-electron chi connectivity index (χ2n) is 4.34. The van der Waals surface area contributed by atoms with Crippen molar-refractivity contribution in [2.75, 3.05) is 17.2 Å². The van der Waals surface area contributed by atoms with Gasteiger partial charge in [-0.05, 0) is 31.0 Å². The van der Waals surface area contributed by atoms with Crippen molar-refractivity contribution in [1.29, 1.82) is 0 Å².